The SMILES string of the molecule is Nc1[nH]ncc1CNC(=O)CCC1CCCO1. The summed E-state index contributed by atoms with van der Waals surface area (Å²) in [4.78, 5) is 11.6. The average Bonchev–Trinajstić information content (AvgIpc) is 2.95. The standard InChI is InChI=1S/C11H18N4O2/c12-11-8(7-14-15-11)6-13-10(16)4-3-9-2-1-5-17-9/h7,9H,1-6H2,(H,13,16)(H3,12,14,15). The molecule has 2 rings (SSSR count). The summed E-state index contributed by atoms with van der Waals surface area (Å²) >= 11 is 0. The highest BCUT2D eigenvalue weighted by Crippen LogP contribution is 2.16. The minimum Gasteiger partial charge on any atom is -0.384 e. The van der Waals surface area contributed by atoms with E-state index >= 15 is 0 Å². The van der Waals surface area contributed by atoms with Crippen LogP contribution in [0.25, 0.3) is 0 Å². The minimum absolute atomic E-state index is 0.0288. The molecule has 2 heterocycles. The van der Waals surface area contributed by atoms with E-state index in [1.165, 1.54) is 0 Å². The van der Waals surface area contributed by atoms with Crippen molar-refractivity contribution in [3.63, 3.8) is 0 Å². The third kappa shape index (κ3) is 3.45. The Morgan fingerprint density at radius 3 is 3.24 bits per heavy atom. The van der Waals surface area contributed by atoms with E-state index in [0.29, 0.717) is 18.8 Å². The first kappa shape index (κ1) is 11.9. The number of amides is 1. The second-order valence-corrected chi connectivity index (χ2v) is 4.26. The zero-order valence-electron chi connectivity index (χ0n) is 9.74. The van der Waals surface area contributed by atoms with Gasteiger partial charge in [-0.1, -0.05) is 0 Å². The van der Waals surface area contributed by atoms with Gasteiger partial charge in [0.25, 0.3) is 0 Å². The van der Waals surface area contributed by atoms with E-state index < -0.39 is 0 Å². The van der Waals surface area contributed by atoms with Crippen LogP contribution in [0.2, 0.25) is 0 Å². The maximum Gasteiger partial charge on any atom is 0.220 e. The number of nitrogens with two attached hydrogens (primary N) is 1. The third-order valence-electron chi connectivity index (χ3n) is 2.94. The maximum absolute atomic E-state index is 11.6. The molecule has 0 bridgehead atoms. The molecule has 0 aromatic carbocycles. The molecule has 17 heavy (non-hydrogen) atoms. The Bertz CT molecular complexity index is 371. The molecule has 0 aliphatic carbocycles. The van der Waals surface area contributed by atoms with E-state index in [1.54, 1.807) is 6.20 Å². The average molecular weight is 238 g/mol. The molecule has 1 amide bonds. The van der Waals surface area contributed by atoms with Gasteiger partial charge in [-0.25, -0.2) is 0 Å². The van der Waals surface area contributed by atoms with E-state index in [4.69, 9.17) is 10.5 Å². The van der Waals surface area contributed by atoms with Crippen LogP contribution < -0.4 is 11.1 Å². The molecule has 0 spiro atoms. The van der Waals surface area contributed by atoms with Crippen LogP contribution in [0.1, 0.15) is 31.2 Å². The van der Waals surface area contributed by atoms with Crippen LogP contribution in [-0.4, -0.2) is 28.8 Å². The fourth-order valence-corrected chi connectivity index (χ4v) is 1.91. The topological polar surface area (TPSA) is 93.0 Å². The highest BCUT2D eigenvalue weighted by atomic mass is 16.5. The Kier molecular flexibility index (Phi) is 3.98. The number of ether oxygens (including phenoxy) is 1. The molecule has 4 N–H and O–H groups in total. The molecule has 1 atom stereocenters. The van der Waals surface area contributed by atoms with Crippen LogP contribution in [0.4, 0.5) is 5.82 Å². The van der Waals surface area contributed by atoms with Gasteiger partial charge in [-0.05, 0) is 19.3 Å². The van der Waals surface area contributed by atoms with E-state index in [0.717, 1.165) is 31.4 Å². The number of aromatic nitrogens is 2. The summed E-state index contributed by atoms with van der Waals surface area (Å²) in [5.74, 6) is 0.533. The zero-order chi connectivity index (χ0) is 12.1. The van der Waals surface area contributed by atoms with Crippen molar-refractivity contribution in [1.29, 1.82) is 0 Å². The molecular weight excluding hydrogens is 220 g/mol. The first-order valence-electron chi connectivity index (χ1n) is 5.91. The number of hydrogen-bond acceptors (Lipinski definition) is 4. The lowest BCUT2D eigenvalue weighted by Crippen LogP contribution is -2.24. The van der Waals surface area contributed by atoms with E-state index in [-0.39, 0.29) is 12.0 Å². The summed E-state index contributed by atoms with van der Waals surface area (Å²) < 4.78 is 5.46. The molecular formula is C11H18N4O2. The number of aromatic amines is 1. The molecule has 0 saturated carbocycles. The fraction of sp³-hybridized carbons (Fsp3) is 0.636. The van der Waals surface area contributed by atoms with Crippen LogP contribution in [0.5, 0.6) is 0 Å². The Hall–Kier alpha value is -1.56. The zero-order valence-corrected chi connectivity index (χ0v) is 9.74. The van der Waals surface area contributed by atoms with Crippen LogP contribution >= 0.6 is 0 Å². The Labute approximate surface area is 99.9 Å². The first-order chi connectivity index (χ1) is 8.25. The van der Waals surface area contributed by atoms with Crippen LogP contribution in [-0.2, 0) is 16.1 Å². The summed E-state index contributed by atoms with van der Waals surface area (Å²) in [5, 5.41) is 9.23. The molecule has 1 aromatic heterocycles. The summed E-state index contributed by atoms with van der Waals surface area (Å²) in [6.45, 7) is 1.25. The van der Waals surface area contributed by atoms with E-state index in [2.05, 4.69) is 15.5 Å². The van der Waals surface area contributed by atoms with Crippen molar-refractivity contribution in [2.45, 2.75) is 38.3 Å². The van der Waals surface area contributed by atoms with Gasteiger partial charge in [0, 0.05) is 25.1 Å². The van der Waals surface area contributed by atoms with Gasteiger partial charge in [0.15, 0.2) is 0 Å². The summed E-state index contributed by atoms with van der Waals surface area (Å²) in [6.07, 6.45) is 5.37. The number of nitrogens with zero attached hydrogens (tertiary/aromatic N) is 1. The van der Waals surface area contributed by atoms with Crippen LogP contribution in [0.3, 0.4) is 0 Å². The molecule has 6 heteroatoms. The smallest absolute Gasteiger partial charge is 0.220 e. The number of H-pyrrole nitrogens is 1. The summed E-state index contributed by atoms with van der Waals surface area (Å²) in [7, 11) is 0. The first-order valence-corrected chi connectivity index (χ1v) is 5.91. The summed E-state index contributed by atoms with van der Waals surface area (Å²) in [6, 6.07) is 0. The van der Waals surface area contributed by atoms with E-state index in [1.807, 2.05) is 0 Å². The second kappa shape index (κ2) is 5.67. The Morgan fingerprint density at radius 2 is 2.59 bits per heavy atom. The number of rotatable bonds is 5. The van der Waals surface area contributed by atoms with Gasteiger partial charge in [-0.3, -0.25) is 9.89 Å². The third-order valence-corrected chi connectivity index (χ3v) is 2.94. The number of anilines is 1. The normalized spacial score (nSPS) is 19.4. The quantitative estimate of drug-likeness (QED) is 0.699. The molecule has 1 saturated heterocycles. The molecule has 1 unspecified atom stereocenters. The lowest BCUT2D eigenvalue weighted by molar-refractivity contribution is -0.121. The molecule has 1 fully saturated rings. The number of nitrogens with one attached hydrogen (secondary N) is 2. The molecule has 1 aromatic rings. The van der Waals surface area contributed by atoms with E-state index in [9.17, 15) is 4.79 Å². The van der Waals surface area contributed by atoms with Crippen molar-refractivity contribution < 1.29 is 9.53 Å². The molecule has 94 valence electrons. The second-order valence-electron chi connectivity index (χ2n) is 4.26. The van der Waals surface area contributed by atoms with Crippen LogP contribution in [0, 0.1) is 0 Å². The van der Waals surface area contributed by atoms with Crippen molar-refractivity contribution in [2.75, 3.05) is 12.3 Å². The Balaban J connectivity index is 1.65. The predicted molar refractivity (Wildman–Crippen MR) is 63.1 cm³/mol. The van der Waals surface area contributed by atoms with Crippen molar-refractivity contribution in [1.82, 2.24) is 15.5 Å². The van der Waals surface area contributed by atoms with Gasteiger partial charge >= 0.3 is 0 Å². The van der Waals surface area contributed by atoms with Gasteiger partial charge in [-0.15, -0.1) is 0 Å². The number of nitrogen functional groups attached to an aromatic ring is 1. The molecule has 0 radical (unpaired) electrons. The largest absolute Gasteiger partial charge is 0.384 e. The number of hydrogen-bond donors (Lipinski definition) is 3. The molecule has 1 aliphatic rings. The van der Waals surface area contributed by atoms with Crippen molar-refractivity contribution in [2.24, 2.45) is 0 Å². The number of carbonyl (C=O) groups excluding carboxylic acids is 1. The maximum atomic E-state index is 11.6. The van der Waals surface area contributed by atoms with Gasteiger partial charge in [0.05, 0.1) is 12.3 Å². The highest BCUT2D eigenvalue weighted by molar-refractivity contribution is 5.76. The van der Waals surface area contributed by atoms with Gasteiger partial charge in [-0.2, -0.15) is 5.10 Å². The monoisotopic (exact) mass is 238 g/mol. The van der Waals surface area contributed by atoms with Gasteiger partial charge in [0.1, 0.15) is 5.82 Å². The number of carbonyl (C=O) groups is 1. The molecule has 1 aliphatic heterocycles. The van der Waals surface area contributed by atoms with Crippen molar-refractivity contribution >= 4 is 11.7 Å². The predicted octanol–water partition coefficient (Wildman–Crippen LogP) is 0.567. The minimum atomic E-state index is 0.0288. The van der Waals surface area contributed by atoms with Crippen LogP contribution in [0.15, 0.2) is 6.20 Å². The van der Waals surface area contributed by atoms with Gasteiger partial charge in [0.2, 0.25) is 5.91 Å². The van der Waals surface area contributed by atoms with Gasteiger partial charge < -0.3 is 15.8 Å². The van der Waals surface area contributed by atoms with Crippen molar-refractivity contribution in [3.05, 3.63) is 11.8 Å². The fourth-order valence-electron chi connectivity index (χ4n) is 1.91. The Morgan fingerprint density at radius 1 is 1.71 bits per heavy atom. The lowest BCUT2D eigenvalue weighted by Gasteiger charge is -2.09. The summed E-state index contributed by atoms with van der Waals surface area (Å²) in [5.41, 5.74) is 6.43. The lowest BCUT2D eigenvalue weighted by atomic mass is 10.1. The highest BCUT2D eigenvalue weighted by Gasteiger charge is 2.16. The van der Waals surface area contributed by atoms with Crippen molar-refractivity contribution in [3.8, 4) is 0 Å². The molecule has 6 nitrogen and oxygen atoms in total.